The second-order valence-corrected chi connectivity index (χ2v) is 4.08. The summed E-state index contributed by atoms with van der Waals surface area (Å²) in [6.07, 6.45) is 0. The van der Waals surface area contributed by atoms with Crippen molar-refractivity contribution in [2.75, 3.05) is 11.9 Å². The molecular weight excluding hydrogens is 274 g/mol. The van der Waals surface area contributed by atoms with Crippen LogP contribution in [-0.2, 0) is 0 Å². The molecule has 0 bridgehead atoms. The second kappa shape index (κ2) is 5.44. The van der Waals surface area contributed by atoms with Crippen molar-refractivity contribution in [2.24, 2.45) is 0 Å². The summed E-state index contributed by atoms with van der Waals surface area (Å²) < 4.78 is 53.0. The molecule has 3 nitrogen and oxygen atoms in total. The third-order valence-corrected chi connectivity index (χ3v) is 2.60. The van der Waals surface area contributed by atoms with Gasteiger partial charge < -0.3 is 5.32 Å². The van der Waals surface area contributed by atoms with Crippen LogP contribution in [0.1, 0.15) is 12.6 Å². The maximum absolute atomic E-state index is 13.7. The monoisotopic (exact) mass is 285 g/mol. The first kappa shape index (κ1) is 14.2. The summed E-state index contributed by atoms with van der Waals surface area (Å²) in [7, 11) is 0. The van der Waals surface area contributed by atoms with E-state index in [9.17, 15) is 17.6 Å². The molecule has 0 atom stereocenters. The fraction of sp³-hybridized carbons (Fsp3) is 0.231. The summed E-state index contributed by atoms with van der Waals surface area (Å²) in [6, 6.07) is 1.53. The first-order valence-corrected chi connectivity index (χ1v) is 5.87. The van der Waals surface area contributed by atoms with E-state index in [-0.39, 0.29) is 22.9 Å². The number of halogens is 4. The fourth-order valence-electron chi connectivity index (χ4n) is 1.66. The van der Waals surface area contributed by atoms with E-state index in [1.807, 2.05) is 0 Å². The molecule has 20 heavy (non-hydrogen) atoms. The highest BCUT2D eigenvalue weighted by Gasteiger charge is 2.16. The molecule has 0 saturated carbocycles. The van der Waals surface area contributed by atoms with Gasteiger partial charge in [-0.15, -0.1) is 0 Å². The number of aryl methyl sites for hydroxylation is 1. The predicted molar refractivity (Wildman–Crippen MR) is 66.2 cm³/mol. The van der Waals surface area contributed by atoms with Crippen molar-refractivity contribution in [3.63, 3.8) is 0 Å². The van der Waals surface area contributed by atoms with Crippen LogP contribution in [0.2, 0.25) is 0 Å². The topological polar surface area (TPSA) is 37.8 Å². The average Bonchev–Trinajstić information content (AvgIpc) is 2.40. The Kier molecular flexibility index (Phi) is 3.87. The van der Waals surface area contributed by atoms with E-state index >= 15 is 0 Å². The molecule has 0 amide bonds. The standard InChI is InChI=1S/C13H11F4N3/c1-3-18-13-10(16)6(2)19-12(20-13)7-4-8(14)11(17)9(15)5-7/h4-5H,3H2,1-2H3,(H,18,19,20). The second-order valence-electron chi connectivity index (χ2n) is 4.08. The van der Waals surface area contributed by atoms with Crippen LogP contribution in [0.5, 0.6) is 0 Å². The smallest absolute Gasteiger partial charge is 0.194 e. The molecule has 0 radical (unpaired) electrons. The normalized spacial score (nSPS) is 10.7. The predicted octanol–water partition coefficient (Wildman–Crippen LogP) is 3.44. The van der Waals surface area contributed by atoms with Crippen LogP contribution in [-0.4, -0.2) is 16.5 Å². The lowest BCUT2D eigenvalue weighted by Crippen LogP contribution is -2.07. The lowest BCUT2D eigenvalue weighted by molar-refractivity contribution is 0.447. The van der Waals surface area contributed by atoms with Crippen LogP contribution < -0.4 is 5.32 Å². The van der Waals surface area contributed by atoms with Gasteiger partial charge in [0.15, 0.2) is 34.9 Å². The molecule has 0 aliphatic rings. The zero-order chi connectivity index (χ0) is 14.9. The summed E-state index contributed by atoms with van der Waals surface area (Å²) >= 11 is 0. The van der Waals surface area contributed by atoms with Crippen molar-refractivity contribution in [3.8, 4) is 11.4 Å². The number of aromatic nitrogens is 2. The molecular formula is C13H11F4N3. The van der Waals surface area contributed by atoms with Gasteiger partial charge >= 0.3 is 0 Å². The SMILES string of the molecule is CCNc1nc(-c2cc(F)c(F)c(F)c2)nc(C)c1F. The van der Waals surface area contributed by atoms with Gasteiger partial charge in [0.25, 0.3) is 0 Å². The Hall–Kier alpha value is -2.18. The minimum atomic E-state index is -1.57. The van der Waals surface area contributed by atoms with Gasteiger partial charge in [0.1, 0.15) is 0 Å². The molecule has 0 saturated heterocycles. The number of nitrogens with zero attached hydrogens (tertiary/aromatic N) is 2. The number of benzene rings is 1. The number of hydrogen-bond acceptors (Lipinski definition) is 3. The van der Waals surface area contributed by atoms with Crippen LogP contribution in [0, 0.1) is 30.2 Å². The van der Waals surface area contributed by atoms with Crippen molar-refractivity contribution in [1.82, 2.24) is 9.97 Å². The molecule has 1 aromatic carbocycles. The van der Waals surface area contributed by atoms with Crippen LogP contribution >= 0.6 is 0 Å². The van der Waals surface area contributed by atoms with Gasteiger partial charge in [-0.2, -0.15) is 0 Å². The Morgan fingerprint density at radius 1 is 1.00 bits per heavy atom. The molecule has 0 fully saturated rings. The van der Waals surface area contributed by atoms with Crippen LogP contribution in [0.3, 0.4) is 0 Å². The van der Waals surface area contributed by atoms with Crippen molar-refractivity contribution in [1.29, 1.82) is 0 Å². The van der Waals surface area contributed by atoms with E-state index in [1.54, 1.807) is 6.92 Å². The van der Waals surface area contributed by atoms with Crippen molar-refractivity contribution in [2.45, 2.75) is 13.8 Å². The summed E-state index contributed by atoms with van der Waals surface area (Å²) in [4.78, 5) is 7.67. The zero-order valence-corrected chi connectivity index (χ0v) is 10.8. The minimum absolute atomic E-state index is 0.0242. The first-order chi connectivity index (χ1) is 9.43. The largest absolute Gasteiger partial charge is 0.368 e. The minimum Gasteiger partial charge on any atom is -0.368 e. The first-order valence-electron chi connectivity index (χ1n) is 5.87. The number of rotatable bonds is 3. The number of nitrogens with one attached hydrogen (secondary N) is 1. The molecule has 106 valence electrons. The van der Waals surface area contributed by atoms with E-state index < -0.39 is 23.3 Å². The van der Waals surface area contributed by atoms with Crippen molar-refractivity contribution < 1.29 is 17.6 Å². The molecule has 2 rings (SSSR count). The molecule has 0 unspecified atom stereocenters. The van der Waals surface area contributed by atoms with Crippen molar-refractivity contribution >= 4 is 5.82 Å². The van der Waals surface area contributed by atoms with Crippen molar-refractivity contribution in [3.05, 3.63) is 41.1 Å². The zero-order valence-electron chi connectivity index (χ0n) is 10.8. The van der Waals surface area contributed by atoms with E-state index in [4.69, 9.17) is 0 Å². The highest BCUT2D eigenvalue weighted by atomic mass is 19.2. The van der Waals surface area contributed by atoms with E-state index in [0.29, 0.717) is 6.54 Å². The third kappa shape index (κ3) is 2.56. The third-order valence-electron chi connectivity index (χ3n) is 2.60. The lowest BCUT2D eigenvalue weighted by Gasteiger charge is -2.09. The summed E-state index contributed by atoms with van der Waals surface area (Å²) in [5.74, 6) is -5.07. The Labute approximate surface area is 112 Å². The Balaban J connectivity index is 2.58. The van der Waals surface area contributed by atoms with Gasteiger partial charge in [-0.05, 0) is 26.0 Å². The quantitative estimate of drug-likeness (QED) is 0.693. The summed E-state index contributed by atoms with van der Waals surface area (Å²) in [6.45, 7) is 3.56. The molecule has 7 heteroatoms. The molecule has 0 spiro atoms. The van der Waals surface area contributed by atoms with Gasteiger partial charge in [-0.1, -0.05) is 0 Å². The fourth-order valence-corrected chi connectivity index (χ4v) is 1.66. The Morgan fingerprint density at radius 2 is 1.60 bits per heavy atom. The van der Waals surface area contributed by atoms with Crippen LogP contribution in [0.25, 0.3) is 11.4 Å². The van der Waals surface area contributed by atoms with E-state index in [1.165, 1.54) is 6.92 Å². The maximum Gasteiger partial charge on any atom is 0.194 e. The summed E-state index contributed by atoms with van der Waals surface area (Å²) in [5, 5.41) is 2.68. The Morgan fingerprint density at radius 3 is 2.15 bits per heavy atom. The molecule has 1 N–H and O–H groups in total. The average molecular weight is 285 g/mol. The Bertz CT molecular complexity index is 635. The highest BCUT2D eigenvalue weighted by Crippen LogP contribution is 2.24. The molecule has 1 heterocycles. The molecule has 0 aliphatic heterocycles. The van der Waals surface area contributed by atoms with Gasteiger partial charge in [0.05, 0.1) is 5.69 Å². The molecule has 0 aliphatic carbocycles. The maximum atomic E-state index is 13.7. The highest BCUT2D eigenvalue weighted by molar-refractivity contribution is 5.58. The lowest BCUT2D eigenvalue weighted by atomic mass is 10.2. The number of hydrogen-bond donors (Lipinski definition) is 1. The summed E-state index contributed by atoms with van der Waals surface area (Å²) in [5.41, 5.74) is -0.0419. The molecule has 1 aromatic heterocycles. The van der Waals surface area contributed by atoms with E-state index in [0.717, 1.165) is 12.1 Å². The van der Waals surface area contributed by atoms with Crippen LogP contribution in [0.4, 0.5) is 23.4 Å². The van der Waals surface area contributed by atoms with Gasteiger partial charge in [0, 0.05) is 12.1 Å². The van der Waals surface area contributed by atoms with Gasteiger partial charge in [-0.25, -0.2) is 27.5 Å². The number of anilines is 1. The van der Waals surface area contributed by atoms with Gasteiger partial charge in [0.2, 0.25) is 0 Å². The van der Waals surface area contributed by atoms with Crippen LogP contribution in [0.15, 0.2) is 12.1 Å². The van der Waals surface area contributed by atoms with E-state index in [2.05, 4.69) is 15.3 Å². The van der Waals surface area contributed by atoms with Gasteiger partial charge in [-0.3, -0.25) is 0 Å². The molecule has 2 aromatic rings.